The number of nitrogens with one attached hydrogen (secondary N) is 1. The predicted molar refractivity (Wildman–Crippen MR) is 77.6 cm³/mol. The van der Waals surface area contributed by atoms with Crippen LogP contribution in [0.25, 0.3) is 0 Å². The largest absolute Gasteiger partial charge is 0.375 e. The topological polar surface area (TPSA) is 15.3 Å². The van der Waals surface area contributed by atoms with Gasteiger partial charge in [-0.1, -0.05) is 15.9 Å². The summed E-state index contributed by atoms with van der Waals surface area (Å²) in [5.41, 5.74) is 1.31. The molecule has 1 heterocycles. The highest BCUT2D eigenvalue weighted by atomic mass is 79.9. The van der Waals surface area contributed by atoms with Gasteiger partial charge in [0.1, 0.15) is 0 Å². The van der Waals surface area contributed by atoms with Crippen LogP contribution >= 0.6 is 15.9 Å². The van der Waals surface area contributed by atoms with Crippen LogP contribution in [0.5, 0.6) is 0 Å². The van der Waals surface area contributed by atoms with Crippen molar-refractivity contribution in [3.8, 4) is 0 Å². The van der Waals surface area contributed by atoms with Crippen LogP contribution in [0.4, 0.5) is 5.69 Å². The van der Waals surface area contributed by atoms with E-state index < -0.39 is 0 Å². The molecule has 94 valence electrons. The second-order valence-corrected chi connectivity index (χ2v) is 5.80. The molecule has 17 heavy (non-hydrogen) atoms. The Bertz CT molecular complexity index is 331. The fourth-order valence-electron chi connectivity index (χ4n) is 2.37. The smallest absolute Gasteiger partial charge is 0.0364 e. The summed E-state index contributed by atoms with van der Waals surface area (Å²) in [6, 6.07) is 8.56. The first-order valence-corrected chi connectivity index (χ1v) is 7.22. The number of halogens is 1. The Morgan fingerprint density at radius 3 is 2.53 bits per heavy atom. The third kappa shape index (κ3) is 4.00. The van der Waals surface area contributed by atoms with E-state index in [9.17, 15) is 0 Å². The van der Waals surface area contributed by atoms with Gasteiger partial charge >= 0.3 is 0 Å². The number of anilines is 1. The molecule has 0 spiro atoms. The Balaban J connectivity index is 1.80. The highest BCUT2D eigenvalue weighted by Gasteiger charge is 2.13. The molecule has 1 aromatic carbocycles. The molecule has 0 aliphatic carbocycles. The summed E-state index contributed by atoms with van der Waals surface area (Å²) in [4.78, 5) is 2.36. The zero-order valence-corrected chi connectivity index (χ0v) is 12.0. The van der Waals surface area contributed by atoms with Crippen LogP contribution in [0, 0.1) is 5.92 Å². The van der Waals surface area contributed by atoms with Crippen molar-refractivity contribution in [3.05, 3.63) is 28.7 Å². The highest BCUT2D eigenvalue weighted by Crippen LogP contribution is 2.20. The van der Waals surface area contributed by atoms with Gasteiger partial charge < -0.3 is 10.2 Å². The van der Waals surface area contributed by atoms with Gasteiger partial charge in [-0.25, -0.2) is 0 Å². The molecular formula is C14H21BrN2. The maximum Gasteiger partial charge on any atom is 0.0364 e. The Morgan fingerprint density at radius 2 is 1.88 bits per heavy atom. The van der Waals surface area contributed by atoms with Crippen LogP contribution in [0.1, 0.15) is 19.3 Å². The molecule has 0 atom stereocenters. The second-order valence-electron chi connectivity index (χ2n) is 4.88. The molecule has 0 unspecified atom stereocenters. The average Bonchev–Trinajstić information content (AvgIpc) is 2.38. The lowest BCUT2D eigenvalue weighted by Crippen LogP contribution is -2.30. The lowest BCUT2D eigenvalue weighted by atomic mass is 9.94. The van der Waals surface area contributed by atoms with Crippen molar-refractivity contribution in [2.24, 2.45) is 5.92 Å². The maximum atomic E-state index is 3.47. The normalized spacial score (nSPS) is 17.1. The predicted octanol–water partition coefficient (Wildman–Crippen LogP) is 3.28. The average molecular weight is 297 g/mol. The molecule has 0 saturated carbocycles. The van der Waals surface area contributed by atoms with Crippen LogP contribution in [0.15, 0.2) is 28.7 Å². The van der Waals surface area contributed by atoms with Gasteiger partial charge in [0, 0.05) is 23.8 Å². The van der Waals surface area contributed by atoms with Gasteiger partial charge in [-0.05, 0) is 62.5 Å². The number of nitrogens with zero attached hydrogens (tertiary/aromatic N) is 1. The zero-order valence-electron chi connectivity index (χ0n) is 10.5. The van der Waals surface area contributed by atoms with Crippen molar-refractivity contribution in [3.63, 3.8) is 0 Å². The number of hydrogen-bond acceptors (Lipinski definition) is 2. The van der Waals surface area contributed by atoms with E-state index in [-0.39, 0.29) is 0 Å². The van der Waals surface area contributed by atoms with Crippen molar-refractivity contribution in [2.45, 2.75) is 19.3 Å². The quantitative estimate of drug-likeness (QED) is 0.917. The lowest BCUT2D eigenvalue weighted by Gasteiger charge is -2.26. The minimum atomic E-state index is 0.911. The van der Waals surface area contributed by atoms with E-state index in [0.29, 0.717) is 0 Å². The van der Waals surface area contributed by atoms with Gasteiger partial charge in [-0.2, -0.15) is 0 Å². The lowest BCUT2D eigenvalue weighted by molar-refractivity contribution is 0.356. The van der Waals surface area contributed by atoms with Gasteiger partial charge in [0.25, 0.3) is 0 Å². The van der Waals surface area contributed by atoms with E-state index in [0.717, 1.165) is 16.9 Å². The first-order chi connectivity index (χ1) is 8.25. The standard InChI is InChI=1S/C14H21BrN2/c1-17(14-4-2-13(15)3-5-14)11-8-12-6-9-16-10-7-12/h2-5,12,16H,6-11H2,1H3. The second kappa shape index (κ2) is 6.41. The fourth-order valence-corrected chi connectivity index (χ4v) is 2.64. The monoisotopic (exact) mass is 296 g/mol. The van der Waals surface area contributed by atoms with Gasteiger partial charge in [0.2, 0.25) is 0 Å². The first-order valence-electron chi connectivity index (χ1n) is 6.43. The molecule has 0 amide bonds. The molecule has 0 bridgehead atoms. The third-order valence-corrected chi connectivity index (χ3v) is 4.13. The minimum absolute atomic E-state index is 0.911. The molecule has 0 radical (unpaired) electrons. The van der Waals surface area contributed by atoms with Crippen molar-refractivity contribution in [1.82, 2.24) is 5.32 Å². The molecule has 1 aromatic rings. The van der Waals surface area contributed by atoms with Crippen molar-refractivity contribution < 1.29 is 0 Å². The SMILES string of the molecule is CN(CCC1CCNCC1)c1ccc(Br)cc1. The fraction of sp³-hybridized carbons (Fsp3) is 0.571. The van der Waals surface area contributed by atoms with Crippen LogP contribution in [0.2, 0.25) is 0 Å². The van der Waals surface area contributed by atoms with Crippen LogP contribution in [-0.4, -0.2) is 26.7 Å². The zero-order chi connectivity index (χ0) is 12.1. The van der Waals surface area contributed by atoms with Crippen molar-refractivity contribution in [2.75, 3.05) is 31.6 Å². The Morgan fingerprint density at radius 1 is 1.24 bits per heavy atom. The molecule has 3 heteroatoms. The molecule has 1 fully saturated rings. The van der Waals surface area contributed by atoms with Gasteiger partial charge in [-0.15, -0.1) is 0 Å². The van der Waals surface area contributed by atoms with E-state index in [4.69, 9.17) is 0 Å². The maximum absolute atomic E-state index is 3.47. The summed E-state index contributed by atoms with van der Waals surface area (Å²) >= 11 is 3.47. The van der Waals surface area contributed by atoms with Crippen LogP contribution in [0.3, 0.4) is 0 Å². The molecule has 1 saturated heterocycles. The molecule has 0 aromatic heterocycles. The summed E-state index contributed by atoms with van der Waals surface area (Å²) in [5, 5.41) is 3.42. The Labute approximate surface area is 113 Å². The van der Waals surface area contributed by atoms with Gasteiger partial charge in [0.05, 0.1) is 0 Å². The summed E-state index contributed by atoms with van der Waals surface area (Å²) in [7, 11) is 2.18. The molecular weight excluding hydrogens is 276 g/mol. The van der Waals surface area contributed by atoms with Gasteiger partial charge in [0.15, 0.2) is 0 Å². The summed E-state index contributed by atoms with van der Waals surface area (Å²) in [5.74, 6) is 0.911. The molecule has 1 aliphatic heterocycles. The van der Waals surface area contributed by atoms with E-state index in [1.807, 2.05) is 0 Å². The minimum Gasteiger partial charge on any atom is -0.375 e. The van der Waals surface area contributed by atoms with Crippen LogP contribution in [-0.2, 0) is 0 Å². The molecule has 2 nitrogen and oxygen atoms in total. The van der Waals surface area contributed by atoms with Crippen LogP contribution < -0.4 is 10.2 Å². The molecule has 1 aliphatic rings. The van der Waals surface area contributed by atoms with E-state index in [2.05, 4.69) is 57.5 Å². The number of rotatable bonds is 4. The molecule has 2 rings (SSSR count). The third-order valence-electron chi connectivity index (χ3n) is 3.60. The Kier molecular flexibility index (Phi) is 4.86. The van der Waals surface area contributed by atoms with E-state index in [1.54, 1.807) is 0 Å². The van der Waals surface area contributed by atoms with Gasteiger partial charge in [-0.3, -0.25) is 0 Å². The highest BCUT2D eigenvalue weighted by molar-refractivity contribution is 9.10. The van der Waals surface area contributed by atoms with Crippen molar-refractivity contribution in [1.29, 1.82) is 0 Å². The summed E-state index contributed by atoms with van der Waals surface area (Å²) in [6.45, 7) is 3.56. The summed E-state index contributed by atoms with van der Waals surface area (Å²) in [6.07, 6.45) is 4.00. The summed E-state index contributed by atoms with van der Waals surface area (Å²) < 4.78 is 1.15. The van der Waals surface area contributed by atoms with E-state index >= 15 is 0 Å². The van der Waals surface area contributed by atoms with Crippen molar-refractivity contribution >= 4 is 21.6 Å². The number of benzene rings is 1. The Hall–Kier alpha value is -0.540. The first kappa shape index (κ1) is 12.9. The van der Waals surface area contributed by atoms with E-state index in [1.165, 1.54) is 38.0 Å². The number of hydrogen-bond donors (Lipinski definition) is 1. The number of piperidine rings is 1. The molecule has 1 N–H and O–H groups in total.